The summed E-state index contributed by atoms with van der Waals surface area (Å²) in [5.74, 6) is 0. The topological polar surface area (TPSA) is 6.48 Å². The fraction of sp³-hybridized carbons (Fsp3) is 0.818. The van der Waals surface area contributed by atoms with Gasteiger partial charge in [0.25, 0.3) is 0 Å². The maximum Gasteiger partial charge on any atom is 0.0178 e. The zero-order valence-electron chi connectivity index (χ0n) is 8.63. The summed E-state index contributed by atoms with van der Waals surface area (Å²) in [5, 5.41) is 0. The summed E-state index contributed by atoms with van der Waals surface area (Å²) < 4.78 is 0. The van der Waals surface area contributed by atoms with Crippen LogP contribution in [0.2, 0.25) is 0 Å². The third-order valence-electron chi connectivity index (χ3n) is 3.75. The van der Waals surface area contributed by atoms with Gasteiger partial charge in [-0.25, -0.2) is 0 Å². The van der Waals surface area contributed by atoms with Crippen molar-refractivity contribution >= 4 is 0 Å². The highest BCUT2D eigenvalue weighted by molar-refractivity contribution is 4.94. The lowest BCUT2D eigenvalue weighted by molar-refractivity contribution is 0.143. The molecule has 2 rings (SSSR count). The van der Waals surface area contributed by atoms with Crippen molar-refractivity contribution < 1.29 is 0 Å². The predicted molar refractivity (Wildman–Crippen MR) is 55.6 cm³/mol. The van der Waals surface area contributed by atoms with Crippen molar-refractivity contribution in [3.8, 4) is 0 Å². The SMILES string of the molecule is C=CN1CCC2(CCN(C)C2)CC1. The summed E-state index contributed by atoms with van der Waals surface area (Å²) in [5.41, 5.74) is 0.661. The van der Waals surface area contributed by atoms with Gasteiger partial charge in [0.05, 0.1) is 0 Å². The van der Waals surface area contributed by atoms with Gasteiger partial charge in [0.2, 0.25) is 0 Å². The fourth-order valence-corrected chi connectivity index (χ4v) is 2.75. The van der Waals surface area contributed by atoms with Crippen molar-refractivity contribution in [2.24, 2.45) is 5.41 Å². The normalized spacial score (nSPS) is 28.2. The first kappa shape index (κ1) is 9.07. The molecule has 0 N–H and O–H groups in total. The zero-order chi connectivity index (χ0) is 9.31. The molecule has 2 nitrogen and oxygen atoms in total. The highest BCUT2D eigenvalue weighted by Crippen LogP contribution is 2.39. The van der Waals surface area contributed by atoms with E-state index in [1.165, 1.54) is 45.4 Å². The van der Waals surface area contributed by atoms with Crippen molar-refractivity contribution in [1.29, 1.82) is 0 Å². The van der Waals surface area contributed by atoms with E-state index in [2.05, 4.69) is 23.4 Å². The molecule has 0 bridgehead atoms. The second kappa shape index (κ2) is 3.33. The van der Waals surface area contributed by atoms with Crippen LogP contribution in [-0.4, -0.2) is 43.0 Å². The van der Waals surface area contributed by atoms with Crippen LogP contribution in [0.25, 0.3) is 0 Å². The molecule has 0 aliphatic carbocycles. The molecular formula is C11H20N2. The molecule has 0 aromatic heterocycles. The third-order valence-corrected chi connectivity index (χ3v) is 3.75. The van der Waals surface area contributed by atoms with Crippen LogP contribution in [0.1, 0.15) is 19.3 Å². The van der Waals surface area contributed by atoms with Crippen molar-refractivity contribution in [3.05, 3.63) is 12.8 Å². The molecule has 2 heterocycles. The van der Waals surface area contributed by atoms with Gasteiger partial charge in [-0.05, 0) is 44.5 Å². The molecule has 2 aliphatic rings. The van der Waals surface area contributed by atoms with Crippen LogP contribution >= 0.6 is 0 Å². The molecule has 0 saturated carbocycles. The third kappa shape index (κ3) is 1.73. The quantitative estimate of drug-likeness (QED) is 0.604. The minimum atomic E-state index is 0.661. The van der Waals surface area contributed by atoms with Crippen LogP contribution in [-0.2, 0) is 0 Å². The maximum absolute atomic E-state index is 3.83. The van der Waals surface area contributed by atoms with Crippen LogP contribution in [0.15, 0.2) is 12.8 Å². The standard InChI is InChI=1S/C11H20N2/c1-3-13-8-5-11(6-9-13)4-7-12(2)10-11/h3H,1,4-10H2,2H3. The van der Waals surface area contributed by atoms with Gasteiger partial charge in [0, 0.05) is 19.6 Å². The number of hydrogen-bond donors (Lipinski definition) is 0. The Morgan fingerprint density at radius 2 is 1.77 bits per heavy atom. The summed E-state index contributed by atoms with van der Waals surface area (Å²) in [7, 11) is 2.24. The minimum absolute atomic E-state index is 0.661. The Labute approximate surface area is 81.2 Å². The van der Waals surface area contributed by atoms with E-state index in [9.17, 15) is 0 Å². The number of hydrogen-bond acceptors (Lipinski definition) is 2. The Kier molecular flexibility index (Phi) is 2.33. The number of rotatable bonds is 1. The van der Waals surface area contributed by atoms with E-state index in [-0.39, 0.29) is 0 Å². The summed E-state index contributed by atoms with van der Waals surface area (Å²) in [6.07, 6.45) is 6.13. The number of piperidine rings is 1. The molecule has 0 aromatic carbocycles. The molecule has 0 radical (unpaired) electrons. The van der Waals surface area contributed by atoms with E-state index < -0.39 is 0 Å². The van der Waals surface area contributed by atoms with Gasteiger partial charge in [0.15, 0.2) is 0 Å². The molecule has 2 fully saturated rings. The average Bonchev–Trinajstić information content (AvgIpc) is 2.49. The van der Waals surface area contributed by atoms with Crippen LogP contribution in [0.5, 0.6) is 0 Å². The van der Waals surface area contributed by atoms with E-state index >= 15 is 0 Å². The monoisotopic (exact) mass is 180 g/mol. The summed E-state index contributed by atoms with van der Waals surface area (Å²) in [4.78, 5) is 4.83. The molecule has 2 heteroatoms. The van der Waals surface area contributed by atoms with Gasteiger partial charge in [0.1, 0.15) is 0 Å². The van der Waals surface area contributed by atoms with E-state index in [0.29, 0.717) is 5.41 Å². The summed E-state index contributed by atoms with van der Waals surface area (Å²) in [6, 6.07) is 0. The molecule has 0 aromatic rings. The van der Waals surface area contributed by atoms with Crippen LogP contribution in [0, 0.1) is 5.41 Å². The van der Waals surface area contributed by atoms with E-state index in [0.717, 1.165) is 0 Å². The lowest BCUT2D eigenvalue weighted by Crippen LogP contribution is -2.38. The predicted octanol–water partition coefficient (Wildman–Crippen LogP) is 1.55. The van der Waals surface area contributed by atoms with E-state index in [4.69, 9.17) is 0 Å². The summed E-state index contributed by atoms with van der Waals surface area (Å²) >= 11 is 0. The van der Waals surface area contributed by atoms with Gasteiger partial charge in [-0.15, -0.1) is 0 Å². The maximum atomic E-state index is 3.83. The van der Waals surface area contributed by atoms with Crippen LogP contribution < -0.4 is 0 Å². The Bertz CT molecular complexity index is 192. The molecule has 0 unspecified atom stereocenters. The Balaban J connectivity index is 1.93. The first-order valence-corrected chi connectivity index (χ1v) is 5.29. The number of nitrogens with zero attached hydrogens (tertiary/aromatic N) is 2. The second-order valence-corrected chi connectivity index (χ2v) is 4.71. The highest BCUT2D eigenvalue weighted by Gasteiger charge is 2.38. The van der Waals surface area contributed by atoms with Crippen LogP contribution in [0.4, 0.5) is 0 Å². The molecule has 2 saturated heterocycles. The van der Waals surface area contributed by atoms with Crippen molar-refractivity contribution in [2.45, 2.75) is 19.3 Å². The molecular weight excluding hydrogens is 160 g/mol. The van der Waals surface area contributed by atoms with Gasteiger partial charge in [-0.3, -0.25) is 0 Å². The van der Waals surface area contributed by atoms with Gasteiger partial charge in [-0.1, -0.05) is 6.58 Å². The lowest BCUT2D eigenvalue weighted by atomic mass is 9.78. The Morgan fingerprint density at radius 3 is 2.23 bits per heavy atom. The molecule has 0 atom stereocenters. The van der Waals surface area contributed by atoms with E-state index in [1.807, 2.05) is 6.20 Å². The lowest BCUT2D eigenvalue weighted by Gasteiger charge is -2.38. The Hall–Kier alpha value is -0.500. The smallest absolute Gasteiger partial charge is 0.0178 e. The largest absolute Gasteiger partial charge is 0.378 e. The molecule has 74 valence electrons. The van der Waals surface area contributed by atoms with Crippen LogP contribution in [0.3, 0.4) is 0 Å². The molecule has 0 amide bonds. The van der Waals surface area contributed by atoms with Gasteiger partial charge in [-0.2, -0.15) is 0 Å². The number of likely N-dealkylation sites (tertiary alicyclic amines) is 2. The molecule has 13 heavy (non-hydrogen) atoms. The second-order valence-electron chi connectivity index (χ2n) is 4.71. The van der Waals surface area contributed by atoms with Crippen molar-refractivity contribution in [2.75, 3.05) is 33.2 Å². The first-order valence-electron chi connectivity index (χ1n) is 5.29. The van der Waals surface area contributed by atoms with Crippen molar-refractivity contribution in [3.63, 3.8) is 0 Å². The van der Waals surface area contributed by atoms with Crippen molar-refractivity contribution in [1.82, 2.24) is 9.80 Å². The van der Waals surface area contributed by atoms with Gasteiger partial charge >= 0.3 is 0 Å². The summed E-state index contributed by atoms with van der Waals surface area (Å²) in [6.45, 7) is 8.89. The zero-order valence-corrected chi connectivity index (χ0v) is 8.63. The fourth-order valence-electron chi connectivity index (χ4n) is 2.75. The minimum Gasteiger partial charge on any atom is -0.378 e. The highest BCUT2D eigenvalue weighted by atomic mass is 15.2. The average molecular weight is 180 g/mol. The molecule has 2 aliphatic heterocycles. The first-order chi connectivity index (χ1) is 6.24. The van der Waals surface area contributed by atoms with Gasteiger partial charge < -0.3 is 9.80 Å². The Morgan fingerprint density at radius 1 is 1.15 bits per heavy atom. The molecule has 1 spiro atoms. The van der Waals surface area contributed by atoms with E-state index in [1.54, 1.807) is 0 Å².